The third kappa shape index (κ3) is 3.82. The molecule has 0 bridgehead atoms. The average molecular weight is 574 g/mol. The summed E-state index contributed by atoms with van der Waals surface area (Å²) < 4.78 is 7.50. The molecule has 0 saturated heterocycles. The number of fused-ring (bicyclic) bond motifs is 1. The number of pyridine rings is 2. The summed E-state index contributed by atoms with van der Waals surface area (Å²) in [6, 6.07) is 27.2. The van der Waals surface area contributed by atoms with Crippen LogP contribution >= 0.6 is 0 Å². The van der Waals surface area contributed by atoms with Crippen LogP contribution in [0.3, 0.4) is 0 Å². The molecule has 1 N–H and O–H groups in total. The number of imidazole rings is 1. The second-order valence-corrected chi connectivity index (χ2v) is 6.32. The Hall–Kier alpha value is -3.50. The summed E-state index contributed by atoms with van der Waals surface area (Å²) in [5, 5.41) is 10.3. The maximum atomic E-state index is 10.3. The van der Waals surface area contributed by atoms with Gasteiger partial charge >= 0.3 is 6.01 Å². The second kappa shape index (κ2) is 8.47. The number of para-hydroxylation sites is 2. The van der Waals surface area contributed by atoms with Gasteiger partial charge in [0, 0.05) is 39.1 Å². The first-order valence-electron chi connectivity index (χ1n) is 9.03. The van der Waals surface area contributed by atoms with E-state index in [9.17, 15) is 5.11 Å². The summed E-state index contributed by atoms with van der Waals surface area (Å²) in [5.41, 5.74) is 3.10. The molecule has 0 saturated carbocycles. The maximum absolute atomic E-state index is 10.3. The van der Waals surface area contributed by atoms with Crippen LogP contribution in [0.15, 0.2) is 85.1 Å². The Balaban J connectivity index is 0.00000218. The van der Waals surface area contributed by atoms with Crippen LogP contribution in [-0.2, 0) is 21.1 Å². The minimum atomic E-state index is -0.125. The summed E-state index contributed by atoms with van der Waals surface area (Å²) in [7, 11) is 0. The monoisotopic (exact) mass is 574 g/mol. The minimum absolute atomic E-state index is 0. The number of aromatic nitrogens is 4. The first-order valence-corrected chi connectivity index (χ1v) is 9.03. The molecule has 0 amide bonds. The third-order valence-electron chi connectivity index (χ3n) is 4.40. The fourth-order valence-electron chi connectivity index (χ4n) is 3.12. The van der Waals surface area contributed by atoms with Crippen molar-refractivity contribution in [1.29, 1.82) is 0 Å². The normalized spacial score (nSPS) is 10.5. The van der Waals surface area contributed by atoms with Crippen molar-refractivity contribution in [3.63, 3.8) is 0 Å². The van der Waals surface area contributed by atoms with Crippen LogP contribution in [0.4, 0.5) is 0 Å². The molecule has 0 spiro atoms. The predicted octanol–water partition coefficient (Wildman–Crippen LogP) is 4.78. The number of hydrogen-bond donors (Lipinski definition) is 1. The fraction of sp³-hybridized carbons (Fsp3) is 0. The van der Waals surface area contributed by atoms with Crippen LogP contribution in [0, 0.1) is 6.07 Å². The van der Waals surface area contributed by atoms with E-state index in [2.05, 4.69) is 21.0 Å². The van der Waals surface area contributed by atoms with E-state index in [0.717, 1.165) is 16.8 Å². The zero-order valence-electron chi connectivity index (χ0n) is 15.5. The van der Waals surface area contributed by atoms with E-state index in [1.165, 1.54) is 0 Å². The van der Waals surface area contributed by atoms with E-state index in [1.54, 1.807) is 22.9 Å². The topological polar surface area (TPSA) is 73.1 Å². The van der Waals surface area contributed by atoms with Gasteiger partial charge in [0.05, 0.1) is 11.0 Å². The van der Waals surface area contributed by atoms with Gasteiger partial charge in [-0.05, 0) is 30.0 Å². The SMILES string of the molecule is Oc1nc2ccccc2n1-c1cccc(Oc2[c-]c(-c3ccccn3)ccc2)n1.[Pt]. The van der Waals surface area contributed by atoms with Crippen molar-refractivity contribution < 1.29 is 30.9 Å². The molecule has 0 aliphatic heterocycles. The summed E-state index contributed by atoms with van der Waals surface area (Å²) in [6.07, 6.45) is 1.74. The molecule has 3 heterocycles. The van der Waals surface area contributed by atoms with Crippen molar-refractivity contribution >= 4 is 11.0 Å². The molecule has 0 unspecified atom stereocenters. The first kappa shape index (κ1) is 19.8. The van der Waals surface area contributed by atoms with Crippen LogP contribution < -0.4 is 4.74 Å². The van der Waals surface area contributed by atoms with E-state index in [0.29, 0.717) is 23.0 Å². The van der Waals surface area contributed by atoms with Gasteiger partial charge in [-0.1, -0.05) is 36.4 Å². The Morgan fingerprint density at radius 2 is 1.67 bits per heavy atom. The van der Waals surface area contributed by atoms with Crippen LogP contribution in [0.5, 0.6) is 17.6 Å². The van der Waals surface area contributed by atoms with Gasteiger partial charge in [-0.2, -0.15) is 9.97 Å². The molecule has 5 rings (SSSR count). The Kier molecular flexibility index (Phi) is 5.59. The van der Waals surface area contributed by atoms with Crippen LogP contribution in [0.1, 0.15) is 0 Å². The summed E-state index contributed by atoms with van der Waals surface area (Å²) in [6.45, 7) is 0. The van der Waals surface area contributed by atoms with Crippen molar-refractivity contribution in [1.82, 2.24) is 19.5 Å². The first-order chi connectivity index (χ1) is 14.3. The van der Waals surface area contributed by atoms with E-state index in [4.69, 9.17) is 4.74 Å². The van der Waals surface area contributed by atoms with Crippen molar-refractivity contribution in [2.45, 2.75) is 0 Å². The van der Waals surface area contributed by atoms with E-state index < -0.39 is 0 Å². The maximum Gasteiger partial charge on any atom is 0.300 e. The molecular weight excluding hydrogens is 559 g/mol. The molecule has 30 heavy (non-hydrogen) atoms. The van der Waals surface area contributed by atoms with Gasteiger partial charge in [-0.15, -0.1) is 23.8 Å². The number of ether oxygens (including phenoxy) is 1. The molecular formula is C23H15N4O2Pt-. The van der Waals surface area contributed by atoms with Gasteiger partial charge in [0.1, 0.15) is 5.82 Å². The zero-order chi connectivity index (χ0) is 19.6. The van der Waals surface area contributed by atoms with Crippen LogP contribution in [0.25, 0.3) is 28.1 Å². The molecule has 7 heteroatoms. The van der Waals surface area contributed by atoms with Crippen molar-refractivity contribution in [3.05, 3.63) is 91.1 Å². The second-order valence-electron chi connectivity index (χ2n) is 6.32. The molecule has 3 aromatic heterocycles. The molecule has 0 aliphatic carbocycles. The van der Waals surface area contributed by atoms with E-state index in [1.807, 2.05) is 66.7 Å². The standard InChI is InChI=1S/C23H15N4O2.Pt/c28-23-25-19-10-1-2-11-20(19)27(23)21-12-6-13-22(26-21)29-17-8-5-7-16(15-17)18-9-3-4-14-24-18;/h1-14H,(H,25,28);/q-1;. The van der Waals surface area contributed by atoms with Crippen LogP contribution in [-0.4, -0.2) is 24.6 Å². The molecule has 2 aromatic carbocycles. The number of aromatic hydroxyl groups is 1. The molecule has 0 fully saturated rings. The van der Waals surface area contributed by atoms with Crippen molar-refractivity contribution in [2.75, 3.05) is 0 Å². The average Bonchev–Trinajstić information content (AvgIpc) is 3.10. The van der Waals surface area contributed by atoms with Gasteiger partial charge in [0.15, 0.2) is 0 Å². The predicted molar refractivity (Wildman–Crippen MR) is 109 cm³/mol. The van der Waals surface area contributed by atoms with Gasteiger partial charge in [-0.3, -0.25) is 0 Å². The molecule has 150 valence electrons. The largest absolute Gasteiger partial charge is 0.480 e. The number of benzene rings is 2. The van der Waals surface area contributed by atoms with E-state index >= 15 is 0 Å². The smallest absolute Gasteiger partial charge is 0.300 e. The number of nitrogens with zero attached hydrogens (tertiary/aromatic N) is 4. The zero-order valence-corrected chi connectivity index (χ0v) is 17.8. The van der Waals surface area contributed by atoms with E-state index in [-0.39, 0.29) is 27.1 Å². The fourth-order valence-corrected chi connectivity index (χ4v) is 3.12. The summed E-state index contributed by atoms with van der Waals surface area (Å²) in [5.74, 6) is 1.42. The van der Waals surface area contributed by atoms with Gasteiger partial charge in [0.2, 0.25) is 5.88 Å². The summed E-state index contributed by atoms with van der Waals surface area (Å²) in [4.78, 5) is 13.0. The molecule has 0 radical (unpaired) electrons. The Morgan fingerprint density at radius 1 is 0.833 bits per heavy atom. The molecule has 0 atom stereocenters. The van der Waals surface area contributed by atoms with Gasteiger partial charge < -0.3 is 14.8 Å². The van der Waals surface area contributed by atoms with Gasteiger partial charge in [-0.25, -0.2) is 4.57 Å². The number of rotatable bonds is 4. The minimum Gasteiger partial charge on any atom is -0.480 e. The quantitative estimate of drug-likeness (QED) is 0.313. The molecule has 5 aromatic rings. The Labute approximate surface area is 187 Å². The Bertz CT molecular complexity index is 1310. The molecule has 0 aliphatic rings. The van der Waals surface area contributed by atoms with Crippen molar-refractivity contribution in [2.24, 2.45) is 0 Å². The molecule has 6 nitrogen and oxygen atoms in total. The third-order valence-corrected chi connectivity index (χ3v) is 4.40. The van der Waals surface area contributed by atoms with Gasteiger partial charge in [0.25, 0.3) is 0 Å². The van der Waals surface area contributed by atoms with Crippen molar-refractivity contribution in [3.8, 4) is 34.7 Å². The number of hydrogen-bond acceptors (Lipinski definition) is 5. The summed E-state index contributed by atoms with van der Waals surface area (Å²) >= 11 is 0. The Morgan fingerprint density at radius 3 is 2.53 bits per heavy atom. The van der Waals surface area contributed by atoms with Crippen LogP contribution in [0.2, 0.25) is 0 Å².